The molecule has 0 bridgehead atoms. The van der Waals surface area contributed by atoms with Crippen molar-refractivity contribution in [2.24, 2.45) is 0 Å². The number of benzene rings is 1. The summed E-state index contributed by atoms with van der Waals surface area (Å²) in [6, 6.07) is 4.21. The first-order valence-electron chi connectivity index (χ1n) is 7.76. The van der Waals surface area contributed by atoms with Crippen LogP contribution in [0.15, 0.2) is 24.3 Å². The number of rotatable bonds is 4. The molecule has 1 saturated carbocycles. The number of hydrogen-bond acceptors (Lipinski definition) is 2. The van der Waals surface area contributed by atoms with Gasteiger partial charge in [-0.2, -0.15) is 13.2 Å². The first-order chi connectivity index (χ1) is 10.9. The van der Waals surface area contributed by atoms with Crippen molar-refractivity contribution in [2.45, 2.75) is 50.4 Å². The Morgan fingerprint density at radius 3 is 2.61 bits per heavy atom. The molecule has 0 saturated heterocycles. The fourth-order valence-electron chi connectivity index (χ4n) is 2.71. The van der Waals surface area contributed by atoms with E-state index in [4.69, 9.17) is 0 Å². The summed E-state index contributed by atoms with van der Waals surface area (Å²) >= 11 is 0. The van der Waals surface area contributed by atoms with Gasteiger partial charge in [-0.15, -0.1) is 0 Å². The maximum atomic E-state index is 12.6. The standard InChI is InChI=1S/C16H21F3N2O2/c17-16(18,19)12-6-4-5-11(9-12)14(22)10-20-15(23)21-13-7-2-1-3-8-13/h4-6,9,13-14,22H,1-3,7-8,10H2,(H2,20,21,23). The Kier molecular flexibility index (Phi) is 5.87. The smallest absolute Gasteiger partial charge is 0.387 e. The number of aliphatic hydroxyl groups is 1. The molecule has 2 rings (SSSR count). The molecule has 1 aromatic rings. The topological polar surface area (TPSA) is 61.4 Å². The third kappa shape index (κ3) is 5.42. The van der Waals surface area contributed by atoms with Gasteiger partial charge >= 0.3 is 12.2 Å². The number of nitrogens with one attached hydrogen (secondary N) is 2. The minimum absolute atomic E-state index is 0.123. The molecule has 0 aromatic heterocycles. The molecular formula is C16H21F3N2O2. The number of urea groups is 1. The molecule has 1 aromatic carbocycles. The molecule has 1 aliphatic carbocycles. The SMILES string of the molecule is O=C(NCC(O)c1cccc(C(F)(F)F)c1)NC1CCCCC1. The van der Waals surface area contributed by atoms with Crippen LogP contribution in [0, 0.1) is 0 Å². The maximum absolute atomic E-state index is 12.6. The molecule has 0 aliphatic heterocycles. The summed E-state index contributed by atoms with van der Waals surface area (Å²) < 4.78 is 37.9. The van der Waals surface area contributed by atoms with Crippen LogP contribution < -0.4 is 10.6 Å². The normalized spacial score (nSPS) is 17.6. The fraction of sp³-hybridized carbons (Fsp3) is 0.562. The summed E-state index contributed by atoms with van der Waals surface area (Å²) in [6.07, 6.45) is -0.437. The Morgan fingerprint density at radius 2 is 1.96 bits per heavy atom. The molecule has 1 atom stereocenters. The van der Waals surface area contributed by atoms with E-state index < -0.39 is 23.9 Å². The average Bonchev–Trinajstić information content (AvgIpc) is 2.53. The number of carbonyl (C=O) groups is 1. The van der Waals surface area contributed by atoms with E-state index in [1.54, 1.807) is 0 Å². The third-order valence-corrected chi connectivity index (χ3v) is 4.00. The zero-order chi connectivity index (χ0) is 16.9. The lowest BCUT2D eigenvalue weighted by molar-refractivity contribution is -0.137. The lowest BCUT2D eigenvalue weighted by Crippen LogP contribution is -2.44. The quantitative estimate of drug-likeness (QED) is 0.793. The number of hydrogen-bond donors (Lipinski definition) is 3. The highest BCUT2D eigenvalue weighted by molar-refractivity contribution is 5.74. The molecule has 23 heavy (non-hydrogen) atoms. The van der Waals surface area contributed by atoms with E-state index in [0.29, 0.717) is 0 Å². The van der Waals surface area contributed by atoms with Crippen LogP contribution in [0.1, 0.15) is 49.3 Å². The Balaban J connectivity index is 1.84. The van der Waals surface area contributed by atoms with Crippen LogP contribution in [-0.4, -0.2) is 23.7 Å². The molecule has 3 N–H and O–H groups in total. The molecule has 0 spiro atoms. The van der Waals surface area contributed by atoms with Gasteiger partial charge < -0.3 is 15.7 Å². The van der Waals surface area contributed by atoms with Gasteiger partial charge in [0, 0.05) is 12.6 Å². The predicted octanol–water partition coefficient (Wildman–Crippen LogP) is 3.37. The van der Waals surface area contributed by atoms with E-state index in [1.807, 2.05) is 0 Å². The van der Waals surface area contributed by atoms with Gasteiger partial charge in [0.2, 0.25) is 0 Å². The second-order valence-corrected chi connectivity index (χ2v) is 5.83. The van der Waals surface area contributed by atoms with E-state index in [1.165, 1.54) is 18.6 Å². The van der Waals surface area contributed by atoms with Crippen molar-refractivity contribution in [2.75, 3.05) is 6.54 Å². The highest BCUT2D eigenvalue weighted by Crippen LogP contribution is 2.30. The van der Waals surface area contributed by atoms with E-state index in [2.05, 4.69) is 10.6 Å². The van der Waals surface area contributed by atoms with Gasteiger partial charge in [0.05, 0.1) is 11.7 Å². The van der Waals surface area contributed by atoms with Crippen LogP contribution in [0.2, 0.25) is 0 Å². The number of aliphatic hydroxyl groups excluding tert-OH is 1. The largest absolute Gasteiger partial charge is 0.416 e. The van der Waals surface area contributed by atoms with Gasteiger partial charge in [-0.3, -0.25) is 0 Å². The molecule has 0 radical (unpaired) electrons. The van der Waals surface area contributed by atoms with Gasteiger partial charge in [0.25, 0.3) is 0 Å². The van der Waals surface area contributed by atoms with Crippen molar-refractivity contribution in [3.63, 3.8) is 0 Å². The summed E-state index contributed by atoms with van der Waals surface area (Å²) in [5, 5.41) is 15.3. The number of halogens is 3. The molecule has 7 heteroatoms. The molecule has 1 aliphatic rings. The predicted molar refractivity (Wildman–Crippen MR) is 79.8 cm³/mol. The molecule has 1 fully saturated rings. The monoisotopic (exact) mass is 330 g/mol. The zero-order valence-corrected chi connectivity index (χ0v) is 12.7. The summed E-state index contributed by atoms with van der Waals surface area (Å²) in [7, 11) is 0. The number of amides is 2. The van der Waals surface area contributed by atoms with Crippen LogP contribution in [0.4, 0.5) is 18.0 Å². The van der Waals surface area contributed by atoms with Crippen LogP contribution >= 0.6 is 0 Å². The Morgan fingerprint density at radius 1 is 1.26 bits per heavy atom. The van der Waals surface area contributed by atoms with E-state index in [0.717, 1.165) is 37.8 Å². The minimum atomic E-state index is -4.46. The summed E-state index contributed by atoms with van der Waals surface area (Å²) in [5.41, 5.74) is -0.696. The fourth-order valence-corrected chi connectivity index (χ4v) is 2.71. The van der Waals surface area contributed by atoms with Crippen LogP contribution in [0.3, 0.4) is 0 Å². The lowest BCUT2D eigenvalue weighted by atomic mass is 9.96. The Bertz CT molecular complexity index is 528. The zero-order valence-electron chi connectivity index (χ0n) is 12.7. The minimum Gasteiger partial charge on any atom is -0.387 e. The maximum Gasteiger partial charge on any atom is 0.416 e. The second kappa shape index (κ2) is 7.68. The highest BCUT2D eigenvalue weighted by Gasteiger charge is 2.30. The lowest BCUT2D eigenvalue weighted by Gasteiger charge is -2.23. The van der Waals surface area contributed by atoms with E-state index in [9.17, 15) is 23.1 Å². The Hall–Kier alpha value is -1.76. The van der Waals surface area contributed by atoms with Crippen molar-refractivity contribution in [1.29, 1.82) is 0 Å². The van der Waals surface area contributed by atoms with E-state index >= 15 is 0 Å². The third-order valence-electron chi connectivity index (χ3n) is 4.00. The van der Waals surface area contributed by atoms with Gasteiger partial charge in [0.1, 0.15) is 0 Å². The summed E-state index contributed by atoms with van der Waals surface area (Å²) in [4.78, 5) is 11.8. The van der Waals surface area contributed by atoms with Crippen molar-refractivity contribution < 1.29 is 23.1 Å². The van der Waals surface area contributed by atoms with Gasteiger partial charge in [-0.25, -0.2) is 4.79 Å². The molecule has 1 unspecified atom stereocenters. The first kappa shape index (κ1) is 17.6. The Labute approximate surface area is 133 Å². The van der Waals surface area contributed by atoms with Crippen LogP contribution in [-0.2, 0) is 6.18 Å². The van der Waals surface area contributed by atoms with Gasteiger partial charge in [-0.05, 0) is 30.5 Å². The van der Waals surface area contributed by atoms with Gasteiger partial charge in [0.15, 0.2) is 0 Å². The molecule has 4 nitrogen and oxygen atoms in total. The van der Waals surface area contributed by atoms with Crippen molar-refractivity contribution >= 4 is 6.03 Å². The highest BCUT2D eigenvalue weighted by atomic mass is 19.4. The molecule has 128 valence electrons. The molecule has 2 amide bonds. The van der Waals surface area contributed by atoms with Crippen molar-refractivity contribution in [3.05, 3.63) is 35.4 Å². The second-order valence-electron chi connectivity index (χ2n) is 5.83. The molecule has 0 heterocycles. The van der Waals surface area contributed by atoms with Crippen LogP contribution in [0.25, 0.3) is 0 Å². The summed E-state index contributed by atoms with van der Waals surface area (Å²) in [5.74, 6) is 0. The van der Waals surface area contributed by atoms with E-state index in [-0.39, 0.29) is 18.2 Å². The number of carbonyl (C=O) groups excluding carboxylic acids is 1. The average molecular weight is 330 g/mol. The van der Waals surface area contributed by atoms with Gasteiger partial charge in [-0.1, -0.05) is 31.4 Å². The first-order valence-corrected chi connectivity index (χ1v) is 7.76. The van der Waals surface area contributed by atoms with Crippen LogP contribution in [0.5, 0.6) is 0 Å². The van der Waals surface area contributed by atoms with Crippen molar-refractivity contribution in [3.8, 4) is 0 Å². The number of alkyl halides is 3. The molecular weight excluding hydrogens is 309 g/mol. The van der Waals surface area contributed by atoms with Crippen molar-refractivity contribution in [1.82, 2.24) is 10.6 Å². The summed E-state index contributed by atoms with van der Waals surface area (Å²) in [6.45, 7) is -0.139.